The van der Waals surface area contributed by atoms with Gasteiger partial charge in [0.15, 0.2) is 0 Å². The summed E-state index contributed by atoms with van der Waals surface area (Å²) in [4.78, 5) is 12.5. The normalized spacial score (nSPS) is 10.5. The van der Waals surface area contributed by atoms with E-state index in [2.05, 4.69) is 10.4 Å². The first-order chi connectivity index (χ1) is 13.1. The van der Waals surface area contributed by atoms with Gasteiger partial charge in [-0.3, -0.25) is 4.79 Å². The Balaban J connectivity index is 1.59. The molecule has 1 N–H and O–H groups in total. The molecule has 0 bridgehead atoms. The number of rotatable bonds is 7. The Morgan fingerprint density at radius 1 is 1.11 bits per heavy atom. The quantitative estimate of drug-likeness (QED) is 0.698. The van der Waals surface area contributed by atoms with Crippen LogP contribution in [0, 0.1) is 6.92 Å². The predicted molar refractivity (Wildman–Crippen MR) is 104 cm³/mol. The van der Waals surface area contributed by atoms with Crippen LogP contribution in [-0.2, 0) is 6.42 Å². The summed E-state index contributed by atoms with van der Waals surface area (Å²) in [6.07, 6.45) is 4.39. The fourth-order valence-corrected chi connectivity index (χ4v) is 2.88. The first-order valence-electron chi connectivity index (χ1n) is 8.72. The zero-order chi connectivity index (χ0) is 19.2. The molecule has 27 heavy (non-hydrogen) atoms. The number of nitrogens with one attached hydrogen (secondary N) is 1. The molecular formula is C21H23N3O3. The summed E-state index contributed by atoms with van der Waals surface area (Å²) in [5.41, 5.74) is 3.54. The van der Waals surface area contributed by atoms with Crippen molar-refractivity contribution in [2.45, 2.75) is 13.3 Å². The molecule has 1 amide bonds. The lowest BCUT2D eigenvalue weighted by atomic mass is 10.1. The van der Waals surface area contributed by atoms with E-state index in [0.29, 0.717) is 23.6 Å². The maximum absolute atomic E-state index is 12.5. The molecule has 1 heterocycles. The van der Waals surface area contributed by atoms with Gasteiger partial charge in [0.2, 0.25) is 0 Å². The van der Waals surface area contributed by atoms with Crippen LogP contribution in [0.5, 0.6) is 11.5 Å². The van der Waals surface area contributed by atoms with Gasteiger partial charge in [-0.05, 0) is 49.2 Å². The highest BCUT2D eigenvalue weighted by Crippen LogP contribution is 2.29. The second-order valence-corrected chi connectivity index (χ2v) is 6.13. The molecule has 0 aliphatic carbocycles. The van der Waals surface area contributed by atoms with E-state index in [1.807, 2.05) is 48.1 Å². The Morgan fingerprint density at radius 2 is 1.78 bits per heavy atom. The van der Waals surface area contributed by atoms with Crippen molar-refractivity contribution >= 4 is 5.91 Å². The monoisotopic (exact) mass is 365 g/mol. The SMILES string of the molecule is COc1cc(C(=O)NCCc2ccc(-n3cccn3)cc2)cc(OC)c1C. The minimum atomic E-state index is -0.153. The van der Waals surface area contributed by atoms with Crippen LogP contribution in [-0.4, -0.2) is 36.5 Å². The molecule has 140 valence electrons. The van der Waals surface area contributed by atoms with E-state index in [1.165, 1.54) is 0 Å². The predicted octanol–water partition coefficient (Wildman–Crippen LogP) is 3.17. The zero-order valence-corrected chi connectivity index (χ0v) is 15.7. The van der Waals surface area contributed by atoms with Crippen molar-refractivity contribution in [3.63, 3.8) is 0 Å². The van der Waals surface area contributed by atoms with Crippen LogP contribution >= 0.6 is 0 Å². The smallest absolute Gasteiger partial charge is 0.251 e. The van der Waals surface area contributed by atoms with Crippen LogP contribution in [0.1, 0.15) is 21.5 Å². The molecule has 3 rings (SSSR count). The van der Waals surface area contributed by atoms with E-state index in [4.69, 9.17) is 9.47 Å². The number of aromatic nitrogens is 2. The number of hydrogen-bond acceptors (Lipinski definition) is 4. The molecule has 0 atom stereocenters. The number of carbonyl (C=O) groups excluding carboxylic acids is 1. The fraction of sp³-hybridized carbons (Fsp3) is 0.238. The lowest BCUT2D eigenvalue weighted by Gasteiger charge is -2.13. The van der Waals surface area contributed by atoms with Crippen LogP contribution in [0.25, 0.3) is 5.69 Å². The Kier molecular flexibility index (Phi) is 5.76. The average molecular weight is 365 g/mol. The van der Waals surface area contributed by atoms with Crippen molar-refractivity contribution < 1.29 is 14.3 Å². The molecule has 0 unspecified atom stereocenters. The minimum Gasteiger partial charge on any atom is -0.496 e. The number of benzene rings is 2. The molecule has 0 aliphatic rings. The van der Waals surface area contributed by atoms with Crippen LogP contribution < -0.4 is 14.8 Å². The summed E-state index contributed by atoms with van der Waals surface area (Å²) < 4.78 is 12.5. The Labute approximate surface area is 158 Å². The highest BCUT2D eigenvalue weighted by molar-refractivity contribution is 5.95. The third-order valence-electron chi connectivity index (χ3n) is 4.42. The van der Waals surface area contributed by atoms with Gasteiger partial charge >= 0.3 is 0 Å². The van der Waals surface area contributed by atoms with Crippen molar-refractivity contribution in [2.24, 2.45) is 0 Å². The molecule has 6 heteroatoms. The molecule has 0 saturated heterocycles. The summed E-state index contributed by atoms with van der Waals surface area (Å²) in [5, 5.41) is 7.15. The largest absolute Gasteiger partial charge is 0.496 e. The van der Waals surface area contributed by atoms with E-state index >= 15 is 0 Å². The van der Waals surface area contributed by atoms with Gasteiger partial charge in [0.25, 0.3) is 5.91 Å². The number of hydrogen-bond donors (Lipinski definition) is 1. The first kappa shape index (κ1) is 18.5. The molecule has 0 spiro atoms. The van der Waals surface area contributed by atoms with Crippen molar-refractivity contribution in [1.29, 1.82) is 0 Å². The molecule has 0 radical (unpaired) electrons. The van der Waals surface area contributed by atoms with E-state index in [9.17, 15) is 4.79 Å². The molecule has 1 aromatic heterocycles. The maximum Gasteiger partial charge on any atom is 0.251 e. The van der Waals surface area contributed by atoms with Crippen molar-refractivity contribution in [2.75, 3.05) is 20.8 Å². The molecule has 2 aromatic carbocycles. The summed E-state index contributed by atoms with van der Waals surface area (Å²) >= 11 is 0. The fourth-order valence-electron chi connectivity index (χ4n) is 2.88. The lowest BCUT2D eigenvalue weighted by molar-refractivity contribution is 0.0953. The number of amides is 1. The standard InChI is InChI=1S/C21H23N3O3/c1-15-19(26-2)13-17(14-20(15)27-3)21(25)22-11-9-16-5-7-18(8-6-16)24-12-4-10-23-24/h4-8,10,12-14H,9,11H2,1-3H3,(H,22,25). The molecule has 3 aromatic rings. The third-order valence-corrected chi connectivity index (χ3v) is 4.42. The van der Waals surface area contributed by atoms with Gasteiger partial charge in [0.1, 0.15) is 11.5 Å². The molecular weight excluding hydrogens is 342 g/mol. The number of nitrogens with zero attached hydrogens (tertiary/aromatic N) is 2. The average Bonchev–Trinajstić information content (AvgIpc) is 3.23. The maximum atomic E-state index is 12.5. The Bertz CT molecular complexity index is 878. The van der Waals surface area contributed by atoms with E-state index in [0.717, 1.165) is 23.2 Å². The zero-order valence-electron chi connectivity index (χ0n) is 15.7. The summed E-state index contributed by atoms with van der Waals surface area (Å²) in [7, 11) is 3.16. The van der Waals surface area contributed by atoms with Crippen LogP contribution in [0.2, 0.25) is 0 Å². The van der Waals surface area contributed by atoms with Gasteiger partial charge in [0.05, 0.1) is 19.9 Å². The number of methoxy groups -OCH3 is 2. The summed E-state index contributed by atoms with van der Waals surface area (Å²) in [6, 6.07) is 13.5. The van der Waals surface area contributed by atoms with E-state index in [1.54, 1.807) is 32.5 Å². The summed E-state index contributed by atoms with van der Waals surface area (Å²) in [6.45, 7) is 2.44. The van der Waals surface area contributed by atoms with Crippen molar-refractivity contribution in [3.8, 4) is 17.2 Å². The van der Waals surface area contributed by atoms with Gasteiger partial charge in [-0.15, -0.1) is 0 Å². The third kappa shape index (κ3) is 4.28. The molecule has 0 fully saturated rings. The molecule has 0 aliphatic heterocycles. The van der Waals surface area contributed by atoms with Crippen LogP contribution in [0.4, 0.5) is 0 Å². The molecule has 6 nitrogen and oxygen atoms in total. The highest BCUT2D eigenvalue weighted by Gasteiger charge is 2.13. The first-order valence-corrected chi connectivity index (χ1v) is 8.72. The van der Waals surface area contributed by atoms with Crippen LogP contribution in [0.15, 0.2) is 54.9 Å². The Morgan fingerprint density at radius 3 is 2.33 bits per heavy atom. The van der Waals surface area contributed by atoms with Gasteiger partial charge in [-0.1, -0.05) is 12.1 Å². The molecule has 0 saturated carbocycles. The van der Waals surface area contributed by atoms with Crippen molar-refractivity contribution in [3.05, 3.63) is 71.5 Å². The van der Waals surface area contributed by atoms with Gasteiger partial charge in [-0.25, -0.2) is 4.68 Å². The second kappa shape index (κ2) is 8.40. The topological polar surface area (TPSA) is 65.4 Å². The van der Waals surface area contributed by atoms with Gasteiger partial charge in [0, 0.05) is 30.1 Å². The number of carbonyl (C=O) groups is 1. The van der Waals surface area contributed by atoms with E-state index in [-0.39, 0.29) is 5.91 Å². The van der Waals surface area contributed by atoms with Gasteiger partial charge < -0.3 is 14.8 Å². The van der Waals surface area contributed by atoms with E-state index < -0.39 is 0 Å². The highest BCUT2D eigenvalue weighted by atomic mass is 16.5. The van der Waals surface area contributed by atoms with Crippen molar-refractivity contribution in [1.82, 2.24) is 15.1 Å². The van der Waals surface area contributed by atoms with Crippen LogP contribution in [0.3, 0.4) is 0 Å². The lowest BCUT2D eigenvalue weighted by Crippen LogP contribution is -2.25. The summed E-state index contributed by atoms with van der Waals surface area (Å²) in [5.74, 6) is 1.11. The second-order valence-electron chi connectivity index (χ2n) is 6.13. The number of ether oxygens (including phenoxy) is 2. The minimum absolute atomic E-state index is 0.153. The Hall–Kier alpha value is -3.28. The van der Waals surface area contributed by atoms with Gasteiger partial charge in [-0.2, -0.15) is 5.10 Å².